The second-order valence-electron chi connectivity index (χ2n) is 3.86. The highest BCUT2D eigenvalue weighted by Gasteiger charge is 2.09. The minimum absolute atomic E-state index is 0.115. The van der Waals surface area contributed by atoms with E-state index in [-0.39, 0.29) is 5.75 Å². The Bertz CT molecular complexity index is 576. The van der Waals surface area contributed by atoms with E-state index in [9.17, 15) is 9.18 Å². The number of aryl methyl sites for hydroxylation is 1. The summed E-state index contributed by atoms with van der Waals surface area (Å²) in [6, 6.07) is 9.07. The van der Waals surface area contributed by atoms with Gasteiger partial charge in [-0.3, -0.25) is 4.79 Å². The molecule has 3 heteroatoms. The summed E-state index contributed by atoms with van der Waals surface area (Å²) in [6.45, 7) is 1.84. The Balaban J connectivity index is 2.63. The van der Waals surface area contributed by atoms with Crippen molar-refractivity contribution < 1.29 is 14.3 Å². The minimum atomic E-state index is -0.504. The molecule has 86 valence electrons. The molecule has 0 aromatic heterocycles. The number of carbonyl (C=O) groups excluding carboxylic acids is 1. The first-order chi connectivity index (χ1) is 8.11. The lowest BCUT2D eigenvalue weighted by atomic mass is 9.98. The first-order valence-electron chi connectivity index (χ1n) is 5.16. The highest BCUT2D eigenvalue weighted by atomic mass is 19.1. The van der Waals surface area contributed by atoms with Gasteiger partial charge in [-0.1, -0.05) is 12.1 Å². The van der Waals surface area contributed by atoms with Gasteiger partial charge in [0, 0.05) is 17.2 Å². The fraction of sp³-hybridized carbons (Fsp3) is 0.0714. The summed E-state index contributed by atoms with van der Waals surface area (Å²) >= 11 is 0. The van der Waals surface area contributed by atoms with Crippen molar-refractivity contribution in [1.82, 2.24) is 0 Å². The van der Waals surface area contributed by atoms with Crippen LogP contribution in [-0.4, -0.2) is 11.4 Å². The molecule has 0 spiro atoms. The number of phenols is 1. The van der Waals surface area contributed by atoms with Gasteiger partial charge in [-0.05, 0) is 36.2 Å². The van der Waals surface area contributed by atoms with Crippen LogP contribution in [0.25, 0.3) is 11.1 Å². The van der Waals surface area contributed by atoms with E-state index >= 15 is 0 Å². The maximum absolute atomic E-state index is 13.7. The van der Waals surface area contributed by atoms with Crippen LogP contribution in [0.15, 0.2) is 36.4 Å². The van der Waals surface area contributed by atoms with E-state index in [2.05, 4.69) is 0 Å². The molecule has 2 aromatic carbocycles. The third kappa shape index (κ3) is 2.18. The first-order valence-corrected chi connectivity index (χ1v) is 5.16. The van der Waals surface area contributed by atoms with Crippen molar-refractivity contribution in [1.29, 1.82) is 0 Å². The summed E-state index contributed by atoms with van der Waals surface area (Å²) < 4.78 is 13.7. The lowest BCUT2D eigenvalue weighted by Crippen LogP contribution is -1.90. The fourth-order valence-corrected chi connectivity index (χ4v) is 1.73. The molecule has 2 aromatic rings. The molecule has 0 fully saturated rings. The maximum Gasteiger partial charge on any atom is 0.150 e. The van der Waals surface area contributed by atoms with Gasteiger partial charge < -0.3 is 5.11 Å². The van der Waals surface area contributed by atoms with Gasteiger partial charge in [0.1, 0.15) is 17.9 Å². The highest BCUT2D eigenvalue weighted by Crippen LogP contribution is 2.28. The van der Waals surface area contributed by atoms with E-state index in [1.165, 1.54) is 12.1 Å². The smallest absolute Gasteiger partial charge is 0.150 e. The fourth-order valence-electron chi connectivity index (χ4n) is 1.73. The lowest BCUT2D eigenvalue weighted by molar-refractivity contribution is 0.112. The maximum atomic E-state index is 13.7. The van der Waals surface area contributed by atoms with Crippen LogP contribution in [0.5, 0.6) is 5.75 Å². The number of carbonyl (C=O) groups is 1. The standard InChI is InChI=1S/C14H11FO2/c1-9-2-3-10(8-16)6-13(9)12-5-4-11(17)7-14(12)15/h2-8,17H,1H3. The average Bonchev–Trinajstić information content (AvgIpc) is 2.30. The van der Waals surface area contributed by atoms with Crippen molar-refractivity contribution >= 4 is 6.29 Å². The molecule has 2 nitrogen and oxygen atoms in total. The number of aldehydes is 1. The predicted molar refractivity (Wildman–Crippen MR) is 63.6 cm³/mol. The quantitative estimate of drug-likeness (QED) is 0.803. The number of phenolic OH excluding ortho intramolecular Hbond substituents is 1. The molecule has 0 atom stereocenters. The molecule has 0 unspecified atom stereocenters. The number of benzene rings is 2. The topological polar surface area (TPSA) is 37.3 Å². The van der Waals surface area contributed by atoms with Gasteiger partial charge in [0.05, 0.1) is 0 Å². The Morgan fingerprint density at radius 1 is 1.12 bits per heavy atom. The Hall–Kier alpha value is -2.16. The molecule has 0 saturated heterocycles. The summed E-state index contributed by atoms with van der Waals surface area (Å²) in [4.78, 5) is 10.7. The van der Waals surface area contributed by atoms with Crippen molar-refractivity contribution in [2.24, 2.45) is 0 Å². The van der Waals surface area contributed by atoms with Crippen molar-refractivity contribution in [2.45, 2.75) is 6.92 Å². The molecule has 0 aliphatic rings. The van der Waals surface area contributed by atoms with E-state index in [0.29, 0.717) is 16.7 Å². The second kappa shape index (κ2) is 4.37. The van der Waals surface area contributed by atoms with E-state index in [1.54, 1.807) is 18.2 Å². The lowest BCUT2D eigenvalue weighted by Gasteiger charge is -2.08. The van der Waals surface area contributed by atoms with Crippen molar-refractivity contribution in [3.63, 3.8) is 0 Å². The first kappa shape index (κ1) is 11.3. The predicted octanol–water partition coefficient (Wildman–Crippen LogP) is 3.32. The molecule has 0 radical (unpaired) electrons. The molecule has 1 N–H and O–H groups in total. The van der Waals surface area contributed by atoms with Crippen LogP contribution in [0.4, 0.5) is 4.39 Å². The monoisotopic (exact) mass is 230 g/mol. The Labute approximate surface area is 98.3 Å². The number of hydrogen-bond donors (Lipinski definition) is 1. The Morgan fingerprint density at radius 3 is 2.53 bits per heavy atom. The summed E-state index contributed by atoms with van der Waals surface area (Å²) in [6.07, 6.45) is 0.723. The molecular formula is C14H11FO2. The summed E-state index contributed by atoms with van der Waals surface area (Å²) in [7, 11) is 0. The Kier molecular flexibility index (Phi) is 2.91. The normalized spacial score (nSPS) is 10.2. The van der Waals surface area contributed by atoms with Crippen LogP contribution < -0.4 is 0 Å². The van der Waals surface area contributed by atoms with Gasteiger partial charge in [0.2, 0.25) is 0 Å². The number of rotatable bonds is 2. The van der Waals surface area contributed by atoms with Crippen LogP contribution >= 0.6 is 0 Å². The molecule has 0 amide bonds. The molecule has 17 heavy (non-hydrogen) atoms. The third-order valence-electron chi connectivity index (χ3n) is 2.64. The minimum Gasteiger partial charge on any atom is -0.508 e. The van der Waals surface area contributed by atoms with E-state index in [0.717, 1.165) is 17.9 Å². The summed E-state index contributed by atoms with van der Waals surface area (Å²) in [5.41, 5.74) is 2.41. The molecule has 2 rings (SSSR count). The van der Waals surface area contributed by atoms with E-state index in [4.69, 9.17) is 5.11 Å². The van der Waals surface area contributed by atoms with Crippen LogP contribution in [0.1, 0.15) is 15.9 Å². The van der Waals surface area contributed by atoms with E-state index in [1.807, 2.05) is 6.92 Å². The second-order valence-corrected chi connectivity index (χ2v) is 3.86. The molecule has 0 bridgehead atoms. The van der Waals surface area contributed by atoms with Crippen molar-refractivity contribution in [2.75, 3.05) is 0 Å². The molecule has 0 aliphatic heterocycles. The van der Waals surface area contributed by atoms with Crippen molar-refractivity contribution in [3.8, 4) is 16.9 Å². The highest BCUT2D eigenvalue weighted by molar-refractivity contribution is 5.80. The largest absolute Gasteiger partial charge is 0.508 e. The van der Waals surface area contributed by atoms with Crippen LogP contribution in [-0.2, 0) is 0 Å². The number of aromatic hydroxyl groups is 1. The van der Waals surface area contributed by atoms with E-state index < -0.39 is 5.82 Å². The van der Waals surface area contributed by atoms with Gasteiger partial charge in [-0.15, -0.1) is 0 Å². The van der Waals surface area contributed by atoms with Gasteiger partial charge in [-0.25, -0.2) is 4.39 Å². The average molecular weight is 230 g/mol. The zero-order valence-electron chi connectivity index (χ0n) is 9.27. The zero-order chi connectivity index (χ0) is 12.4. The Morgan fingerprint density at radius 2 is 1.88 bits per heavy atom. The van der Waals surface area contributed by atoms with Gasteiger partial charge in [0.25, 0.3) is 0 Å². The van der Waals surface area contributed by atoms with Crippen LogP contribution in [0.3, 0.4) is 0 Å². The molecular weight excluding hydrogens is 219 g/mol. The van der Waals surface area contributed by atoms with Gasteiger partial charge >= 0.3 is 0 Å². The summed E-state index contributed by atoms with van der Waals surface area (Å²) in [5.74, 6) is -0.619. The van der Waals surface area contributed by atoms with Gasteiger partial charge in [0.15, 0.2) is 0 Å². The van der Waals surface area contributed by atoms with Crippen LogP contribution in [0.2, 0.25) is 0 Å². The zero-order valence-corrected chi connectivity index (χ0v) is 9.27. The number of halogens is 1. The van der Waals surface area contributed by atoms with Crippen LogP contribution in [0, 0.1) is 12.7 Å². The molecule has 0 aliphatic carbocycles. The SMILES string of the molecule is Cc1ccc(C=O)cc1-c1ccc(O)cc1F. The molecule has 0 saturated carbocycles. The molecule has 0 heterocycles. The summed E-state index contributed by atoms with van der Waals surface area (Å²) in [5, 5.41) is 9.16. The van der Waals surface area contributed by atoms with Crippen molar-refractivity contribution in [3.05, 3.63) is 53.3 Å². The third-order valence-corrected chi connectivity index (χ3v) is 2.64. The van der Waals surface area contributed by atoms with Gasteiger partial charge in [-0.2, -0.15) is 0 Å². The number of hydrogen-bond acceptors (Lipinski definition) is 2.